The highest BCUT2D eigenvalue weighted by Crippen LogP contribution is 2.35. The number of hydrogen-bond acceptors (Lipinski definition) is 2. The van der Waals surface area contributed by atoms with Gasteiger partial charge in [0.1, 0.15) is 12.4 Å². The SMILES string of the molecule is Cc1c(COc2ccc(CC3CCCCC3C(=O)O)cc2Br)cccc1-c1ccccc1. The number of hydrogen-bond donors (Lipinski definition) is 1. The predicted molar refractivity (Wildman–Crippen MR) is 132 cm³/mol. The molecule has 4 heteroatoms. The molecule has 0 spiro atoms. The van der Waals surface area contributed by atoms with Crippen molar-refractivity contribution in [1.29, 1.82) is 0 Å². The average molecular weight is 493 g/mol. The molecule has 3 nitrogen and oxygen atoms in total. The minimum absolute atomic E-state index is 0.211. The minimum atomic E-state index is -0.651. The molecule has 1 N–H and O–H groups in total. The lowest BCUT2D eigenvalue weighted by molar-refractivity contribution is -0.144. The Balaban J connectivity index is 1.44. The van der Waals surface area contributed by atoms with Crippen LogP contribution < -0.4 is 4.74 Å². The summed E-state index contributed by atoms with van der Waals surface area (Å²) in [4.78, 5) is 11.6. The van der Waals surface area contributed by atoms with E-state index in [-0.39, 0.29) is 11.8 Å². The molecule has 1 aliphatic rings. The van der Waals surface area contributed by atoms with Gasteiger partial charge in [0.25, 0.3) is 0 Å². The van der Waals surface area contributed by atoms with Crippen LogP contribution in [-0.2, 0) is 17.8 Å². The van der Waals surface area contributed by atoms with E-state index in [9.17, 15) is 9.90 Å². The molecule has 32 heavy (non-hydrogen) atoms. The van der Waals surface area contributed by atoms with Crippen molar-refractivity contribution in [3.63, 3.8) is 0 Å². The van der Waals surface area contributed by atoms with Gasteiger partial charge in [0.15, 0.2) is 0 Å². The van der Waals surface area contributed by atoms with E-state index in [0.717, 1.165) is 53.5 Å². The lowest BCUT2D eigenvalue weighted by atomic mass is 9.76. The molecule has 4 rings (SSSR count). The fraction of sp³-hybridized carbons (Fsp3) is 0.321. The molecule has 1 fully saturated rings. The zero-order chi connectivity index (χ0) is 22.5. The molecule has 0 bridgehead atoms. The molecule has 0 radical (unpaired) electrons. The molecule has 0 aliphatic heterocycles. The van der Waals surface area contributed by atoms with E-state index in [4.69, 9.17) is 4.74 Å². The summed E-state index contributed by atoms with van der Waals surface area (Å²) >= 11 is 3.66. The highest BCUT2D eigenvalue weighted by atomic mass is 79.9. The van der Waals surface area contributed by atoms with Crippen LogP contribution in [0.3, 0.4) is 0 Å². The Kier molecular flexibility index (Phi) is 7.31. The molecule has 1 aliphatic carbocycles. The molecule has 0 saturated heterocycles. The summed E-state index contributed by atoms with van der Waals surface area (Å²) in [5, 5.41) is 9.55. The Bertz CT molecular complexity index is 1080. The van der Waals surface area contributed by atoms with Gasteiger partial charge in [-0.3, -0.25) is 4.79 Å². The van der Waals surface area contributed by atoms with Crippen LogP contribution in [0.2, 0.25) is 0 Å². The number of carboxylic acids is 1. The van der Waals surface area contributed by atoms with Crippen LogP contribution in [0.4, 0.5) is 0 Å². The van der Waals surface area contributed by atoms with Gasteiger partial charge in [0.05, 0.1) is 10.4 Å². The van der Waals surface area contributed by atoms with Gasteiger partial charge >= 0.3 is 5.97 Å². The predicted octanol–water partition coefficient (Wildman–Crippen LogP) is 7.44. The van der Waals surface area contributed by atoms with E-state index in [0.29, 0.717) is 6.61 Å². The zero-order valence-electron chi connectivity index (χ0n) is 18.4. The van der Waals surface area contributed by atoms with E-state index in [1.807, 2.05) is 12.1 Å². The van der Waals surface area contributed by atoms with E-state index in [2.05, 4.69) is 77.5 Å². The summed E-state index contributed by atoms with van der Waals surface area (Å²) in [6.07, 6.45) is 4.73. The summed E-state index contributed by atoms with van der Waals surface area (Å²) in [7, 11) is 0. The fourth-order valence-corrected chi connectivity index (χ4v) is 5.33. The van der Waals surface area contributed by atoms with Crippen LogP contribution in [0.5, 0.6) is 5.75 Å². The van der Waals surface area contributed by atoms with Gasteiger partial charge in [-0.05, 0) is 88.0 Å². The molecule has 166 valence electrons. The van der Waals surface area contributed by atoms with Crippen LogP contribution in [0.25, 0.3) is 11.1 Å². The third-order valence-corrected chi connectivity index (χ3v) is 7.25. The van der Waals surface area contributed by atoms with Crippen molar-refractivity contribution in [3.8, 4) is 16.9 Å². The number of carbonyl (C=O) groups is 1. The average Bonchev–Trinajstić information content (AvgIpc) is 2.80. The number of benzene rings is 3. The third-order valence-electron chi connectivity index (χ3n) is 6.63. The first-order valence-corrected chi connectivity index (χ1v) is 12.1. The number of rotatable bonds is 7. The Hall–Kier alpha value is -2.59. The van der Waals surface area contributed by atoms with Crippen LogP contribution >= 0.6 is 15.9 Å². The Labute approximate surface area is 198 Å². The van der Waals surface area contributed by atoms with E-state index >= 15 is 0 Å². The smallest absolute Gasteiger partial charge is 0.306 e. The van der Waals surface area contributed by atoms with Crippen LogP contribution in [0.1, 0.15) is 42.4 Å². The molecule has 1 saturated carbocycles. The molecule has 3 aromatic carbocycles. The maximum atomic E-state index is 11.6. The van der Waals surface area contributed by atoms with E-state index in [1.54, 1.807) is 0 Å². The monoisotopic (exact) mass is 492 g/mol. The van der Waals surface area contributed by atoms with Crippen molar-refractivity contribution < 1.29 is 14.6 Å². The maximum Gasteiger partial charge on any atom is 0.306 e. The van der Waals surface area contributed by atoms with E-state index < -0.39 is 5.97 Å². The lowest BCUT2D eigenvalue weighted by Crippen LogP contribution is -2.28. The molecule has 3 aromatic rings. The van der Waals surface area contributed by atoms with Crippen molar-refractivity contribution in [2.24, 2.45) is 11.8 Å². The number of ether oxygens (including phenoxy) is 1. The molecular weight excluding hydrogens is 464 g/mol. The van der Waals surface area contributed by atoms with Crippen molar-refractivity contribution >= 4 is 21.9 Å². The highest BCUT2D eigenvalue weighted by molar-refractivity contribution is 9.10. The Morgan fingerprint density at radius 1 is 1.03 bits per heavy atom. The summed E-state index contributed by atoms with van der Waals surface area (Å²) in [5.74, 6) is 0.139. The first-order valence-electron chi connectivity index (χ1n) is 11.3. The maximum absolute atomic E-state index is 11.6. The van der Waals surface area contributed by atoms with Crippen molar-refractivity contribution in [2.75, 3.05) is 0 Å². The summed E-state index contributed by atoms with van der Waals surface area (Å²) in [6, 6.07) is 22.9. The molecule has 2 unspecified atom stereocenters. The lowest BCUT2D eigenvalue weighted by Gasteiger charge is -2.28. The number of halogens is 1. The van der Waals surface area contributed by atoms with Crippen LogP contribution in [-0.4, -0.2) is 11.1 Å². The number of carboxylic acid groups (broad SMARTS) is 1. The van der Waals surface area contributed by atoms with Gasteiger partial charge in [0.2, 0.25) is 0 Å². The summed E-state index contributed by atoms with van der Waals surface area (Å²) in [6.45, 7) is 2.64. The van der Waals surface area contributed by atoms with Gasteiger partial charge in [-0.15, -0.1) is 0 Å². The second kappa shape index (κ2) is 10.4. The second-order valence-electron chi connectivity index (χ2n) is 8.70. The van der Waals surface area contributed by atoms with Gasteiger partial charge in [-0.1, -0.05) is 67.4 Å². The Morgan fingerprint density at radius 3 is 2.56 bits per heavy atom. The van der Waals surface area contributed by atoms with Gasteiger partial charge in [-0.2, -0.15) is 0 Å². The quantitative estimate of drug-likeness (QED) is 0.372. The molecule has 2 atom stereocenters. The second-order valence-corrected chi connectivity index (χ2v) is 9.56. The largest absolute Gasteiger partial charge is 0.488 e. The molecule has 0 amide bonds. The molecule has 0 aromatic heterocycles. The normalized spacial score (nSPS) is 18.3. The summed E-state index contributed by atoms with van der Waals surface area (Å²) < 4.78 is 7.07. The highest BCUT2D eigenvalue weighted by Gasteiger charge is 2.30. The molecule has 0 heterocycles. The van der Waals surface area contributed by atoms with Gasteiger partial charge in [0, 0.05) is 0 Å². The Morgan fingerprint density at radius 2 is 1.81 bits per heavy atom. The van der Waals surface area contributed by atoms with Gasteiger partial charge < -0.3 is 9.84 Å². The van der Waals surface area contributed by atoms with Crippen molar-refractivity contribution in [3.05, 3.63) is 87.9 Å². The van der Waals surface area contributed by atoms with Crippen LogP contribution in [0.15, 0.2) is 71.2 Å². The number of aliphatic carboxylic acids is 1. The molecular formula is C28H29BrO3. The van der Waals surface area contributed by atoms with Crippen molar-refractivity contribution in [1.82, 2.24) is 0 Å². The van der Waals surface area contributed by atoms with E-state index in [1.165, 1.54) is 16.7 Å². The topological polar surface area (TPSA) is 46.5 Å². The fourth-order valence-electron chi connectivity index (χ4n) is 4.79. The minimum Gasteiger partial charge on any atom is -0.488 e. The standard InChI is InChI=1S/C28H29BrO3/c1-19-23(11-7-13-24(19)21-8-3-2-4-9-21)18-32-27-15-14-20(17-26(27)29)16-22-10-5-6-12-25(22)28(30)31/h2-4,7-9,11,13-15,17,22,25H,5-6,10,12,16,18H2,1H3,(H,30,31). The summed E-state index contributed by atoms with van der Waals surface area (Å²) in [5.41, 5.74) is 5.98. The third kappa shape index (κ3) is 5.24. The van der Waals surface area contributed by atoms with Gasteiger partial charge in [-0.25, -0.2) is 0 Å². The zero-order valence-corrected chi connectivity index (χ0v) is 20.0. The first kappa shape index (κ1) is 22.6. The van der Waals surface area contributed by atoms with Crippen LogP contribution in [0, 0.1) is 18.8 Å². The van der Waals surface area contributed by atoms with Crippen molar-refractivity contribution in [2.45, 2.75) is 45.6 Å². The first-order chi connectivity index (χ1) is 15.5.